The van der Waals surface area contributed by atoms with Gasteiger partial charge in [0.2, 0.25) is 5.95 Å². The molecule has 0 saturated carbocycles. The second-order valence-corrected chi connectivity index (χ2v) is 4.92. The maximum atomic E-state index is 9.59. The molecular formula is C14H18N4O2. The summed E-state index contributed by atoms with van der Waals surface area (Å²) < 4.78 is 7.50. The number of rotatable bonds is 4. The van der Waals surface area contributed by atoms with Crippen molar-refractivity contribution in [3.05, 3.63) is 31.0 Å². The minimum atomic E-state index is 0.211. The average molecular weight is 274 g/mol. The molecule has 106 valence electrons. The Kier molecular flexibility index (Phi) is 3.56. The number of hydrogen-bond donors (Lipinski definition) is 1. The lowest BCUT2D eigenvalue weighted by Crippen LogP contribution is -2.38. The number of nitrogens with zero attached hydrogens (tertiary/aromatic N) is 4. The van der Waals surface area contributed by atoms with Gasteiger partial charge >= 0.3 is 0 Å². The molecule has 2 aromatic rings. The summed E-state index contributed by atoms with van der Waals surface area (Å²) >= 11 is 0. The van der Waals surface area contributed by atoms with Crippen LogP contribution in [0.25, 0.3) is 5.65 Å². The number of anilines is 1. The van der Waals surface area contributed by atoms with Crippen molar-refractivity contribution >= 4 is 11.6 Å². The van der Waals surface area contributed by atoms with Gasteiger partial charge < -0.3 is 14.7 Å². The Balaban J connectivity index is 1.73. The molecule has 0 aromatic carbocycles. The summed E-state index contributed by atoms with van der Waals surface area (Å²) in [5, 5.41) is 17.9. The van der Waals surface area contributed by atoms with Crippen molar-refractivity contribution in [3.8, 4) is 5.75 Å². The zero-order chi connectivity index (χ0) is 13.9. The lowest BCUT2D eigenvalue weighted by Gasteiger charge is -2.31. The van der Waals surface area contributed by atoms with Crippen molar-refractivity contribution in [2.45, 2.75) is 18.9 Å². The highest BCUT2D eigenvalue weighted by Gasteiger charge is 2.22. The van der Waals surface area contributed by atoms with Crippen molar-refractivity contribution in [2.75, 3.05) is 24.6 Å². The van der Waals surface area contributed by atoms with Gasteiger partial charge in [-0.3, -0.25) is 4.40 Å². The fourth-order valence-electron chi connectivity index (χ4n) is 2.51. The maximum absolute atomic E-state index is 9.59. The molecule has 0 radical (unpaired) electrons. The van der Waals surface area contributed by atoms with E-state index in [1.807, 2.05) is 4.40 Å². The summed E-state index contributed by atoms with van der Waals surface area (Å²) in [6, 6.07) is 3.37. The second-order valence-electron chi connectivity index (χ2n) is 4.92. The van der Waals surface area contributed by atoms with Gasteiger partial charge in [-0.1, -0.05) is 6.08 Å². The predicted octanol–water partition coefficient (Wildman–Crippen LogP) is 1.61. The Labute approximate surface area is 117 Å². The summed E-state index contributed by atoms with van der Waals surface area (Å²) in [7, 11) is 0. The first-order valence-corrected chi connectivity index (χ1v) is 6.79. The molecule has 1 aliphatic rings. The van der Waals surface area contributed by atoms with Crippen LogP contribution in [-0.2, 0) is 4.74 Å². The average Bonchev–Trinajstić information content (AvgIpc) is 2.88. The molecule has 0 bridgehead atoms. The van der Waals surface area contributed by atoms with Crippen LogP contribution in [0.5, 0.6) is 5.75 Å². The molecule has 2 aromatic heterocycles. The van der Waals surface area contributed by atoms with Gasteiger partial charge in [0.1, 0.15) is 5.75 Å². The lowest BCUT2D eigenvalue weighted by molar-refractivity contribution is 0.0561. The van der Waals surface area contributed by atoms with E-state index in [1.54, 1.807) is 24.4 Å². The molecule has 6 nitrogen and oxygen atoms in total. The summed E-state index contributed by atoms with van der Waals surface area (Å²) in [6.07, 6.45) is 5.63. The molecule has 3 rings (SSSR count). The second kappa shape index (κ2) is 5.50. The van der Waals surface area contributed by atoms with E-state index in [-0.39, 0.29) is 11.9 Å². The van der Waals surface area contributed by atoms with Crippen LogP contribution in [0.4, 0.5) is 5.95 Å². The smallest absolute Gasteiger partial charge is 0.231 e. The van der Waals surface area contributed by atoms with E-state index in [9.17, 15) is 5.11 Å². The molecule has 0 amide bonds. The molecule has 1 saturated heterocycles. The highest BCUT2D eigenvalue weighted by molar-refractivity contribution is 5.48. The van der Waals surface area contributed by atoms with E-state index in [4.69, 9.17) is 4.74 Å². The monoisotopic (exact) mass is 274 g/mol. The summed E-state index contributed by atoms with van der Waals surface area (Å²) in [5.74, 6) is 0.987. The van der Waals surface area contributed by atoms with Crippen LogP contribution >= 0.6 is 0 Å². The standard InChI is InChI=1S/C14H18N4O2/c1-2-9-20-12-5-7-17(8-6-12)14-16-15-13-4-3-11(19)10-18(13)14/h2-4,10,12,19H,1,5-9H2. The van der Waals surface area contributed by atoms with Crippen LogP contribution in [0.2, 0.25) is 0 Å². The first-order valence-electron chi connectivity index (χ1n) is 6.79. The normalized spacial score (nSPS) is 16.7. The number of pyridine rings is 1. The van der Waals surface area contributed by atoms with E-state index in [0.717, 1.165) is 37.5 Å². The predicted molar refractivity (Wildman–Crippen MR) is 76.0 cm³/mol. The van der Waals surface area contributed by atoms with Crippen LogP contribution in [0.1, 0.15) is 12.8 Å². The largest absolute Gasteiger partial charge is 0.506 e. The van der Waals surface area contributed by atoms with Gasteiger partial charge in [-0.05, 0) is 25.0 Å². The summed E-state index contributed by atoms with van der Waals surface area (Å²) in [5.41, 5.74) is 0.739. The van der Waals surface area contributed by atoms with E-state index in [0.29, 0.717) is 6.61 Å². The van der Waals surface area contributed by atoms with E-state index in [1.165, 1.54) is 0 Å². The fourth-order valence-corrected chi connectivity index (χ4v) is 2.51. The zero-order valence-electron chi connectivity index (χ0n) is 11.3. The highest BCUT2D eigenvalue weighted by atomic mass is 16.5. The van der Waals surface area contributed by atoms with Crippen LogP contribution in [-0.4, -0.2) is 45.5 Å². The van der Waals surface area contributed by atoms with Gasteiger partial charge in [-0.2, -0.15) is 0 Å². The van der Waals surface area contributed by atoms with Gasteiger partial charge in [0.15, 0.2) is 5.65 Å². The third kappa shape index (κ3) is 2.46. The van der Waals surface area contributed by atoms with Crippen molar-refractivity contribution in [2.24, 2.45) is 0 Å². The molecule has 1 N–H and O–H groups in total. The lowest BCUT2D eigenvalue weighted by atomic mass is 10.1. The Hall–Kier alpha value is -2.08. The Morgan fingerprint density at radius 2 is 2.15 bits per heavy atom. The Bertz CT molecular complexity index is 602. The van der Waals surface area contributed by atoms with Crippen LogP contribution in [0.15, 0.2) is 31.0 Å². The molecule has 3 heterocycles. The number of ether oxygens (including phenoxy) is 1. The Morgan fingerprint density at radius 1 is 1.35 bits per heavy atom. The van der Waals surface area contributed by atoms with Gasteiger partial charge in [0.05, 0.1) is 18.9 Å². The first kappa shape index (κ1) is 12.9. The third-order valence-corrected chi connectivity index (χ3v) is 3.54. The van der Waals surface area contributed by atoms with E-state index < -0.39 is 0 Å². The van der Waals surface area contributed by atoms with Crippen molar-refractivity contribution in [1.29, 1.82) is 0 Å². The summed E-state index contributed by atoms with van der Waals surface area (Å²) in [4.78, 5) is 2.17. The van der Waals surface area contributed by atoms with Gasteiger partial charge in [0.25, 0.3) is 0 Å². The molecular weight excluding hydrogens is 256 g/mol. The molecule has 20 heavy (non-hydrogen) atoms. The molecule has 0 unspecified atom stereocenters. The molecule has 6 heteroatoms. The third-order valence-electron chi connectivity index (χ3n) is 3.54. The number of hydrogen-bond acceptors (Lipinski definition) is 5. The fraction of sp³-hybridized carbons (Fsp3) is 0.429. The van der Waals surface area contributed by atoms with E-state index in [2.05, 4.69) is 21.7 Å². The minimum Gasteiger partial charge on any atom is -0.506 e. The quantitative estimate of drug-likeness (QED) is 0.858. The first-order chi connectivity index (χ1) is 9.78. The van der Waals surface area contributed by atoms with Gasteiger partial charge in [-0.15, -0.1) is 16.8 Å². The highest BCUT2D eigenvalue weighted by Crippen LogP contribution is 2.22. The number of aromatic hydroxyl groups is 1. The van der Waals surface area contributed by atoms with Crippen LogP contribution in [0.3, 0.4) is 0 Å². The topological polar surface area (TPSA) is 62.9 Å². The molecule has 1 aliphatic heterocycles. The summed E-state index contributed by atoms with van der Waals surface area (Å²) in [6.45, 7) is 6.01. The minimum absolute atomic E-state index is 0.211. The van der Waals surface area contributed by atoms with Crippen molar-refractivity contribution in [3.63, 3.8) is 0 Å². The zero-order valence-corrected chi connectivity index (χ0v) is 11.3. The number of aromatic nitrogens is 3. The molecule has 1 fully saturated rings. The van der Waals surface area contributed by atoms with Crippen LogP contribution < -0.4 is 4.90 Å². The number of piperidine rings is 1. The molecule has 0 aliphatic carbocycles. The van der Waals surface area contributed by atoms with Gasteiger partial charge in [-0.25, -0.2) is 0 Å². The van der Waals surface area contributed by atoms with Crippen LogP contribution in [0, 0.1) is 0 Å². The van der Waals surface area contributed by atoms with Crippen molar-refractivity contribution < 1.29 is 9.84 Å². The maximum Gasteiger partial charge on any atom is 0.231 e. The Morgan fingerprint density at radius 3 is 2.90 bits per heavy atom. The number of fused-ring (bicyclic) bond motifs is 1. The molecule has 0 atom stereocenters. The van der Waals surface area contributed by atoms with Gasteiger partial charge in [0, 0.05) is 13.1 Å². The SMILES string of the molecule is C=CCOC1CCN(c2nnc3ccc(O)cn23)CC1. The van der Waals surface area contributed by atoms with Crippen molar-refractivity contribution in [1.82, 2.24) is 14.6 Å². The van der Waals surface area contributed by atoms with E-state index >= 15 is 0 Å². The molecule has 0 spiro atoms.